The first-order valence-electron chi connectivity index (χ1n) is 3.27. The van der Waals surface area contributed by atoms with E-state index in [4.69, 9.17) is 0 Å². The molecule has 0 unspecified atom stereocenters. The molecule has 0 atom stereocenters. The fourth-order valence-electron chi connectivity index (χ4n) is 0.940. The Kier molecular flexibility index (Phi) is 1.80. The van der Waals surface area contributed by atoms with Crippen LogP contribution < -0.4 is 0 Å². The summed E-state index contributed by atoms with van der Waals surface area (Å²) in [6, 6.07) is 3.77. The molecule has 0 radical (unpaired) electrons. The van der Waals surface area contributed by atoms with Crippen molar-refractivity contribution in [1.29, 1.82) is 0 Å². The number of carbonyl (C=O) groups is 1. The molecule has 2 heterocycles. The molecule has 0 aliphatic heterocycles. The zero-order valence-corrected chi connectivity index (χ0v) is 8.09. The van der Waals surface area contributed by atoms with Gasteiger partial charge in [-0.15, -0.1) is 5.10 Å². The van der Waals surface area contributed by atoms with Gasteiger partial charge in [-0.1, -0.05) is 0 Å². The first-order chi connectivity index (χ1) is 5.81. The van der Waals surface area contributed by atoms with Gasteiger partial charge >= 0.3 is 0 Å². The van der Waals surface area contributed by atoms with E-state index in [2.05, 4.69) is 32.7 Å². The van der Waals surface area contributed by atoms with Crippen LogP contribution in [0.5, 0.6) is 0 Å². The average molecular weight is 273 g/mol. The number of aromatic nitrogens is 3. The van der Waals surface area contributed by atoms with Crippen molar-refractivity contribution in [2.75, 3.05) is 0 Å². The molecular formula is C7H4IN3O. The second-order valence-electron chi connectivity index (χ2n) is 2.21. The number of hydrogen-bond donors (Lipinski definition) is 0. The molecule has 0 amide bonds. The first kappa shape index (κ1) is 7.66. The van der Waals surface area contributed by atoms with Gasteiger partial charge in [-0.25, -0.2) is 9.50 Å². The van der Waals surface area contributed by atoms with Crippen molar-refractivity contribution in [2.24, 2.45) is 0 Å². The van der Waals surface area contributed by atoms with Gasteiger partial charge in [0.1, 0.15) is 0 Å². The van der Waals surface area contributed by atoms with E-state index < -0.39 is 0 Å². The van der Waals surface area contributed by atoms with Crippen LogP contribution in [0.1, 0.15) is 10.6 Å². The third-order valence-electron chi connectivity index (χ3n) is 1.44. The number of aldehydes is 1. The molecule has 2 aromatic rings. The summed E-state index contributed by atoms with van der Waals surface area (Å²) in [4.78, 5) is 14.4. The SMILES string of the molecule is O=Cc1nc2c(I)cccn2n1. The summed E-state index contributed by atoms with van der Waals surface area (Å²) in [6.07, 6.45) is 2.40. The quantitative estimate of drug-likeness (QED) is 0.578. The van der Waals surface area contributed by atoms with Crippen LogP contribution >= 0.6 is 22.6 Å². The summed E-state index contributed by atoms with van der Waals surface area (Å²) in [7, 11) is 0. The Balaban J connectivity index is 2.82. The van der Waals surface area contributed by atoms with Crippen LogP contribution in [0.3, 0.4) is 0 Å². The minimum absolute atomic E-state index is 0.221. The van der Waals surface area contributed by atoms with Crippen LogP contribution in [-0.4, -0.2) is 20.9 Å². The van der Waals surface area contributed by atoms with Crippen molar-refractivity contribution in [3.63, 3.8) is 0 Å². The molecule has 0 spiro atoms. The number of hydrogen-bond acceptors (Lipinski definition) is 3. The second kappa shape index (κ2) is 2.81. The molecule has 12 heavy (non-hydrogen) atoms. The summed E-state index contributed by atoms with van der Waals surface area (Å²) < 4.78 is 2.57. The predicted molar refractivity (Wildman–Crippen MR) is 51.1 cm³/mol. The fraction of sp³-hybridized carbons (Fsp3) is 0. The fourth-order valence-corrected chi connectivity index (χ4v) is 1.52. The Morgan fingerprint density at radius 1 is 1.58 bits per heavy atom. The van der Waals surface area contributed by atoms with Crippen molar-refractivity contribution in [3.05, 3.63) is 27.7 Å². The van der Waals surface area contributed by atoms with Gasteiger partial charge in [0.25, 0.3) is 0 Å². The van der Waals surface area contributed by atoms with Crippen LogP contribution in [0, 0.1) is 3.57 Å². The standard InChI is InChI=1S/C7H4IN3O/c8-5-2-1-3-11-7(5)9-6(4-12)10-11/h1-4H. The first-order valence-corrected chi connectivity index (χ1v) is 4.35. The largest absolute Gasteiger partial charge is 0.294 e. The Labute approximate surface area is 81.7 Å². The maximum absolute atomic E-state index is 10.3. The zero-order chi connectivity index (χ0) is 8.55. The molecule has 0 bridgehead atoms. The van der Waals surface area contributed by atoms with E-state index >= 15 is 0 Å². The highest BCUT2D eigenvalue weighted by atomic mass is 127. The van der Waals surface area contributed by atoms with E-state index in [9.17, 15) is 4.79 Å². The summed E-state index contributed by atoms with van der Waals surface area (Å²) >= 11 is 2.15. The van der Waals surface area contributed by atoms with E-state index in [-0.39, 0.29) is 5.82 Å². The van der Waals surface area contributed by atoms with Gasteiger partial charge in [0, 0.05) is 6.20 Å². The Morgan fingerprint density at radius 3 is 3.08 bits per heavy atom. The third kappa shape index (κ3) is 1.09. The van der Waals surface area contributed by atoms with Gasteiger partial charge in [0.05, 0.1) is 3.57 Å². The van der Waals surface area contributed by atoms with Crippen LogP contribution in [0.25, 0.3) is 5.65 Å². The van der Waals surface area contributed by atoms with Crippen LogP contribution in [0.15, 0.2) is 18.3 Å². The number of pyridine rings is 1. The summed E-state index contributed by atoms with van der Waals surface area (Å²) in [5.41, 5.74) is 0.722. The molecule has 0 aromatic carbocycles. The van der Waals surface area contributed by atoms with Gasteiger partial charge in [-0.05, 0) is 34.7 Å². The van der Waals surface area contributed by atoms with Crippen LogP contribution in [0.2, 0.25) is 0 Å². The molecule has 0 N–H and O–H groups in total. The highest BCUT2D eigenvalue weighted by molar-refractivity contribution is 14.1. The lowest BCUT2D eigenvalue weighted by atomic mass is 10.5. The van der Waals surface area contributed by atoms with E-state index in [0.29, 0.717) is 6.29 Å². The lowest BCUT2D eigenvalue weighted by Crippen LogP contribution is -1.87. The van der Waals surface area contributed by atoms with E-state index in [0.717, 1.165) is 9.22 Å². The Morgan fingerprint density at radius 2 is 2.42 bits per heavy atom. The number of rotatable bonds is 1. The number of halogens is 1. The van der Waals surface area contributed by atoms with Gasteiger partial charge in [0.15, 0.2) is 11.9 Å². The van der Waals surface area contributed by atoms with Crippen molar-refractivity contribution in [2.45, 2.75) is 0 Å². The maximum Gasteiger partial charge on any atom is 0.215 e. The van der Waals surface area contributed by atoms with E-state index in [1.807, 2.05) is 12.1 Å². The van der Waals surface area contributed by atoms with Crippen molar-refractivity contribution < 1.29 is 4.79 Å². The molecule has 0 saturated carbocycles. The average Bonchev–Trinajstić information content (AvgIpc) is 2.49. The molecule has 60 valence electrons. The lowest BCUT2D eigenvalue weighted by molar-refractivity contribution is 0.111. The number of fused-ring (bicyclic) bond motifs is 1. The summed E-state index contributed by atoms with van der Waals surface area (Å²) in [5.74, 6) is 0.221. The topological polar surface area (TPSA) is 47.3 Å². The van der Waals surface area contributed by atoms with Crippen molar-refractivity contribution in [1.82, 2.24) is 14.6 Å². The predicted octanol–water partition coefficient (Wildman–Crippen LogP) is 1.15. The molecule has 0 saturated heterocycles. The van der Waals surface area contributed by atoms with Gasteiger partial charge < -0.3 is 0 Å². The maximum atomic E-state index is 10.3. The van der Waals surface area contributed by atoms with Gasteiger partial charge in [-0.2, -0.15) is 0 Å². The molecular weight excluding hydrogens is 269 g/mol. The van der Waals surface area contributed by atoms with E-state index in [1.165, 1.54) is 0 Å². The monoisotopic (exact) mass is 273 g/mol. The van der Waals surface area contributed by atoms with Crippen LogP contribution in [0.4, 0.5) is 0 Å². The van der Waals surface area contributed by atoms with Gasteiger partial charge in [0.2, 0.25) is 5.82 Å². The second-order valence-corrected chi connectivity index (χ2v) is 3.37. The molecule has 4 nitrogen and oxygen atoms in total. The van der Waals surface area contributed by atoms with E-state index in [1.54, 1.807) is 10.7 Å². The molecule has 2 aromatic heterocycles. The highest BCUT2D eigenvalue weighted by Crippen LogP contribution is 2.10. The summed E-state index contributed by atoms with van der Waals surface area (Å²) in [5, 5.41) is 3.92. The molecule has 0 aliphatic carbocycles. The molecule has 0 aliphatic rings. The summed E-state index contributed by atoms with van der Waals surface area (Å²) in [6.45, 7) is 0. The Bertz CT molecular complexity index is 437. The minimum atomic E-state index is 0.221. The number of carbonyl (C=O) groups excluding carboxylic acids is 1. The van der Waals surface area contributed by atoms with Crippen molar-refractivity contribution in [3.8, 4) is 0 Å². The Hall–Kier alpha value is -0.980. The third-order valence-corrected chi connectivity index (χ3v) is 2.28. The van der Waals surface area contributed by atoms with Gasteiger partial charge in [-0.3, -0.25) is 4.79 Å². The highest BCUT2D eigenvalue weighted by Gasteiger charge is 2.03. The molecule has 2 rings (SSSR count). The van der Waals surface area contributed by atoms with Crippen LogP contribution in [-0.2, 0) is 0 Å². The molecule has 0 fully saturated rings. The van der Waals surface area contributed by atoms with Crippen molar-refractivity contribution >= 4 is 34.5 Å². The lowest BCUT2D eigenvalue weighted by Gasteiger charge is -1.90. The smallest absolute Gasteiger partial charge is 0.215 e. The normalized spacial score (nSPS) is 10.4. The molecule has 5 heteroatoms. The zero-order valence-electron chi connectivity index (χ0n) is 5.94. The minimum Gasteiger partial charge on any atom is -0.294 e. The number of nitrogens with zero attached hydrogens (tertiary/aromatic N) is 3.